The lowest BCUT2D eigenvalue weighted by atomic mass is 10.1. The van der Waals surface area contributed by atoms with Crippen molar-refractivity contribution in [3.8, 4) is 5.75 Å². The highest BCUT2D eigenvalue weighted by Crippen LogP contribution is 2.30. The fourth-order valence-electron chi connectivity index (χ4n) is 2.27. The van der Waals surface area contributed by atoms with Gasteiger partial charge in [0.15, 0.2) is 5.78 Å². The largest absolute Gasteiger partial charge is 0.496 e. The molecule has 0 bridgehead atoms. The van der Waals surface area contributed by atoms with Gasteiger partial charge in [-0.05, 0) is 19.1 Å². The Morgan fingerprint density at radius 1 is 1.32 bits per heavy atom. The lowest BCUT2D eigenvalue weighted by Gasteiger charge is -2.34. The highest BCUT2D eigenvalue weighted by Gasteiger charge is 2.25. The molecule has 0 aromatic heterocycles. The zero-order valence-electron chi connectivity index (χ0n) is 11.5. The van der Waals surface area contributed by atoms with E-state index >= 15 is 0 Å². The van der Waals surface area contributed by atoms with E-state index in [2.05, 4.69) is 0 Å². The van der Waals surface area contributed by atoms with Gasteiger partial charge in [0.1, 0.15) is 5.75 Å². The van der Waals surface area contributed by atoms with Crippen LogP contribution >= 0.6 is 0 Å². The lowest BCUT2D eigenvalue weighted by molar-refractivity contribution is -0.129. The maximum absolute atomic E-state index is 11.8. The van der Waals surface area contributed by atoms with Crippen LogP contribution in [0.1, 0.15) is 17.3 Å². The topological polar surface area (TPSA) is 49.9 Å². The van der Waals surface area contributed by atoms with Crippen molar-refractivity contribution in [2.24, 2.45) is 0 Å². The molecule has 0 saturated carbocycles. The average Bonchev–Trinajstić information content (AvgIpc) is 2.40. The van der Waals surface area contributed by atoms with Crippen LogP contribution < -0.4 is 9.64 Å². The Morgan fingerprint density at radius 3 is 2.63 bits per heavy atom. The Labute approximate surface area is 112 Å². The third-order valence-electron chi connectivity index (χ3n) is 3.37. The second kappa shape index (κ2) is 5.30. The summed E-state index contributed by atoms with van der Waals surface area (Å²) in [4.78, 5) is 27.2. The highest BCUT2D eigenvalue weighted by atomic mass is 16.5. The van der Waals surface area contributed by atoms with E-state index in [1.165, 1.54) is 6.92 Å². The van der Waals surface area contributed by atoms with Crippen molar-refractivity contribution in [2.75, 3.05) is 38.7 Å². The number of hydrogen-bond donors (Lipinski definition) is 0. The first-order valence-corrected chi connectivity index (χ1v) is 6.21. The van der Waals surface area contributed by atoms with Gasteiger partial charge < -0.3 is 14.5 Å². The number of hydrogen-bond acceptors (Lipinski definition) is 4. The van der Waals surface area contributed by atoms with E-state index in [1.807, 2.05) is 17.0 Å². The number of amides is 1. The zero-order valence-corrected chi connectivity index (χ0v) is 11.5. The van der Waals surface area contributed by atoms with Crippen LogP contribution in [-0.4, -0.2) is 50.4 Å². The summed E-state index contributed by atoms with van der Waals surface area (Å²) in [6.07, 6.45) is 0. The number of nitrogens with zero attached hydrogens (tertiary/aromatic N) is 2. The maximum atomic E-state index is 11.8. The van der Waals surface area contributed by atoms with E-state index in [0.29, 0.717) is 24.4 Å². The molecule has 1 heterocycles. The molecule has 1 aromatic rings. The summed E-state index contributed by atoms with van der Waals surface area (Å²) in [6.45, 7) is 3.19. The summed E-state index contributed by atoms with van der Waals surface area (Å²) in [5.41, 5.74) is 1.32. The number of ketones is 1. The Kier molecular flexibility index (Phi) is 3.74. The Balaban J connectivity index is 2.39. The van der Waals surface area contributed by atoms with Crippen molar-refractivity contribution in [2.45, 2.75) is 6.92 Å². The fourth-order valence-corrected chi connectivity index (χ4v) is 2.27. The minimum absolute atomic E-state index is 0.0566. The minimum Gasteiger partial charge on any atom is -0.496 e. The second-order valence-electron chi connectivity index (χ2n) is 4.65. The normalized spacial score (nSPS) is 15.6. The summed E-state index contributed by atoms with van der Waals surface area (Å²) in [7, 11) is 3.33. The van der Waals surface area contributed by atoms with Gasteiger partial charge in [-0.2, -0.15) is 0 Å². The molecule has 0 spiro atoms. The molecule has 5 nitrogen and oxygen atoms in total. The van der Waals surface area contributed by atoms with Crippen molar-refractivity contribution in [3.63, 3.8) is 0 Å². The molecule has 1 aliphatic heterocycles. The second-order valence-corrected chi connectivity index (χ2v) is 4.65. The van der Waals surface area contributed by atoms with Gasteiger partial charge in [-0.3, -0.25) is 9.59 Å². The summed E-state index contributed by atoms with van der Waals surface area (Å²) in [5.74, 6) is 0.554. The first-order chi connectivity index (χ1) is 9.04. The van der Waals surface area contributed by atoms with Crippen LogP contribution in [0, 0.1) is 0 Å². The summed E-state index contributed by atoms with van der Waals surface area (Å²) in [6, 6.07) is 5.46. The zero-order chi connectivity index (χ0) is 14.0. The number of methoxy groups -OCH3 is 1. The number of carbonyl (C=O) groups excluding carboxylic acids is 2. The van der Waals surface area contributed by atoms with E-state index in [1.54, 1.807) is 25.1 Å². The molecule has 1 fully saturated rings. The number of carbonyl (C=O) groups is 2. The van der Waals surface area contributed by atoms with Crippen molar-refractivity contribution in [3.05, 3.63) is 23.8 Å². The summed E-state index contributed by atoms with van der Waals surface area (Å²) < 4.78 is 5.24. The predicted molar refractivity (Wildman–Crippen MR) is 72.8 cm³/mol. The number of Topliss-reactive ketones (excluding diaryl/α,β-unsaturated/α-hetero) is 1. The van der Waals surface area contributed by atoms with Gasteiger partial charge in [0.2, 0.25) is 5.91 Å². The smallest absolute Gasteiger partial charge is 0.241 e. The SMILES string of the molecule is COc1cccc(N2CCN(C)C(=O)C2)c1C(C)=O. The Hall–Kier alpha value is -2.04. The highest BCUT2D eigenvalue weighted by molar-refractivity contribution is 6.03. The molecule has 1 amide bonds. The van der Waals surface area contributed by atoms with E-state index in [9.17, 15) is 9.59 Å². The number of benzene rings is 1. The molecule has 0 radical (unpaired) electrons. The number of rotatable bonds is 3. The Morgan fingerprint density at radius 2 is 2.05 bits per heavy atom. The first-order valence-electron chi connectivity index (χ1n) is 6.21. The number of anilines is 1. The van der Waals surface area contributed by atoms with Gasteiger partial charge in [-0.15, -0.1) is 0 Å². The molecule has 1 aromatic carbocycles. The minimum atomic E-state index is -0.0566. The number of ether oxygens (including phenoxy) is 1. The standard InChI is InChI=1S/C14H18N2O3/c1-10(17)14-11(5-4-6-12(14)19-3)16-8-7-15(2)13(18)9-16/h4-6H,7-9H2,1-3H3. The molecule has 0 N–H and O–H groups in total. The quantitative estimate of drug-likeness (QED) is 0.767. The van der Waals surface area contributed by atoms with Crippen molar-refractivity contribution < 1.29 is 14.3 Å². The monoisotopic (exact) mass is 262 g/mol. The van der Waals surface area contributed by atoms with E-state index in [4.69, 9.17) is 4.74 Å². The molecule has 5 heteroatoms. The van der Waals surface area contributed by atoms with E-state index < -0.39 is 0 Å². The van der Waals surface area contributed by atoms with E-state index in [-0.39, 0.29) is 11.7 Å². The van der Waals surface area contributed by atoms with Crippen molar-refractivity contribution in [1.82, 2.24) is 4.90 Å². The van der Waals surface area contributed by atoms with Gasteiger partial charge in [0.25, 0.3) is 0 Å². The molecule has 0 atom stereocenters. The van der Waals surface area contributed by atoms with Crippen LogP contribution in [-0.2, 0) is 4.79 Å². The molecule has 2 rings (SSSR count). The molecule has 1 aliphatic rings. The van der Waals surface area contributed by atoms with Crippen molar-refractivity contribution >= 4 is 17.4 Å². The first kappa shape index (κ1) is 13.4. The van der Waals surface area contributed by atoms with Crippen LogP contribution in [0.25, 0.3) is 0 Å². The third-order valence-corrected chi connectivity index (χ3v) is 3.37. The van der Waals surface area contributed by atoms with Gasteiger partial charge in [-0.25, -0.2) is 0 Å². The molecule has 0 aliphatic carbocycles. The van der Waals surface area contributed by atoms with Crippen LogP contribution in [0.15, 0.2) is 18.2 Å². The van der Waals surface area contributed by atoms with E-state index in [0.717, 1.165) is 12.2 Å². The van der Waals surface area contributed by atoms with Gasteiger partial charge >= 0.3 is 0 Å². The van der Waals surface area contributed by atoms with Crippen LogP contribution in [0.4, 0.5) is 5.69 Å². The average molecular weight is 262 g/mol. The molecule has 0 unspecified atom stereocenters. The van der Waals surface area contributed by atoms with Gasteiger partial charge in [0.05, 0.1) is 24.9 Å². The van der Waals surface area contributed by atoms with Gasteiger partial charge in [-0.1, -0.05) is 6.07 Å². The number of likely N-dealkylation sites (N-methyl/N-ethyl adjacent to an activating group) is 1. The predicted octanol–water partition coefficient (Wildman–Crippen LogP) is 1.18. The molecule has 1 saturated heterocycles. The molecule has 19 heavy (non-hydrogen) atoms. The Bertz CT molecular complexity index is 513. The lowest BCUT2D eigenvalue weighted by Crippen LogP contribution is -2.48. The molecular weight excluding hydrogens is 244 g/mol. The number of piperazine rings is 1. The van der Waals surface area contributed by atoms with Crippen LogP contribution in [0.5, 0.6) is 5.75 Å². The summed E-state index contributed by atoms with van der Waals surface area (Å²) >= 11 is 0. The maximum Gasteiger partial charge on any atom is 0.241 e. The summed E-state index contributed by atoms with van der Waals surface area (Å²) in [5, 5.41) is 0. The van der Waals surface area contributed by atoms with Crippen LogP contribution in [0.2, 0.25) is 0 Å². The van der Waals surface area contributed by atoms with Crippen LogP contribution in [0.3, 0.4) is 0 Å². The van der Waals surface area contributed by atoms with Crippen molar-refractivity contribution in [1.29, 1.82) is 0 Å². The third kappa shape index (κ3) is 2.54. The molecule has 102 valence electrons. The fraction of sp³-hybridized carbons (Fsp3) is 0.429. The van der Waals surface area contributed by atoms with Gasteiger partial charge in [0, 0.05) is 20.1 Å². The molecular formula is C14H18N2O3.